The molecule has 2 atom stereocenters. The van der Waals surface area contributed by atoms with Crippen molar-refractivity contribution in [1.82, 2.24) is 10.2 Å². The standard InChI is InChI=1S/C14H20N2O3S.ClH/c1-10-8-16(9-11(2)15-10)14(17)12-5-4-6-13(7-12)20(3,18)19;/h4-7,10-11,15H,8-9H2,1-3H3;1H. The van der Waals surface area contributed by atoms with Gasteiger partial charge in [0.05, 0.1) is 4.90 Å². The highest BCUT2D eigenvalue weighted by atomic mass is 35.5. The minimum atomic E-state index is -3.29. The van der Waals surface area contributed by atoms with Crippen LogP contribution >= 0.6 is 12.4 Å². The van der Waals surface area contributed by atoms with Crippen molar-refractivity contribution in [2.75, 3.05) is 19.3 Å². The summed E-state index contributed by atoms with van der Waals surface area (Å²) in [5.74, 6) is -0.115. The molecule has 1 aromatic carbocycles. The lowest BCUT2D eigenvalue weighted by molar-refractivity contribution is 0.0673. The van der Waals surface area contributed by atoms with E-state index in [9.17, 15) is 13.2 Å². The summed E-state index contributed by atoms with van der Waals surface area (Å²) >= 11 is 0. The SMILES string of the molecule is CC1CN(C(=O)c2cccc(S(C)(=O)=O)c2)CC(C)N1.Cl. The summed E-state index contributed by atoms with van der Waals surface area (Å²) in [5.41, 5.74) is 0.425. The summed E-state index contributed by atoms with van der Waals surface area (Å²) in [4.78, 5) is 14.4. The van der Waals surface area contributed by atoms with Gasteiger partial charge in [0.1, 0.15) is 0 Å². The fourth-order valence-corrected chi connectivity index (χ4v) is 3.20. The van der Waals surface area contributed by atoms with Gasteiger partial charge in [-0.05, 0) is 32.0 Å². The number of piperazine rings is 1. The van der Waals surface area contributed by atoms with Gasteiger partial charge >= 0.3 is 0 Å². The summed E-state index contributed by atoms with van der Waals surface area (Å²) < 4.78 is 23.1. The van der Waals surface area contributed by atoms with E-state index in [2.05, 4.69) is 5.32 Å². The number of nitrogens with zero attached hydrogens (tertiary/aromatic N) is 1. The predicted octanol–water partition coefficient (Wildman–Crippen LogP) is 1.33. The van der Waals surface area contributed by atoms with E-state index in [1.165, 1.54) is 12.1 Å². The minimum absolute atomic E-state index is 0. The van der Waals surface area contributed by atoms with E-state index in [0.29, 0.717) is 18.7 Å². The van der Waals surface area contributed by atoms with Gasteiger partial charge in [0, 0.05) is 37.0 Å². The Morgan fingerprint density at radius 3 is 2.33 bits per heavy atom. The zero-order valence-corrected chi connectivity index (χ0v) is 14.0. The third-order valence-electron chi connectivity index (χ3n) is 3.35. The highest BCUT2D eigenvalue weighted by Gasteiger charge is 2.25. The fourth-order valence-electron chi connectivity index (χ4n) is 2.53. The van der Waals surface area contributed by atoms with Crippen LogP contribution in [0.5, 0.6) is 0 Å². The number of sulfone groups is 1. The van der Waals surface area contributed by atoms with Crippen molar-refractivity contribution in [1.29, 1.82) is 0 Å². The van der Waals surface area contributed by atoms with E-state index >= 15 is 0 Å². The van der Waals surface area contributed by atoms with Crippen LogP contribution in [0, 0.1) is 0 Å². The van der Waals surface area contributed by atoms with E-state index in [1.807, 2.05) is 13.8 Å². The van der Waals surface area contributed by atoms with Gasteiger partial charge in [-0.25, -0.2) is 8.42 Å². The molecule has 1 aromatic rings. The number of benzene rings is 1. The van der Waals surface area contributed by atoms with Crippen LogP contribution in [0.3, 0.4) is 0 Å². The summed E-state index contributed by atoms with van der Waals surface area (Å²) in [6.07, 6.45) is 1.14. The first kappa shape index (κ1) is 17.9. The molecule has 0 aromatic heterocycles. The lowest BCUT2D eigenvalue weighted by Gasteiger charge is -2.36. The quantitative estimate of drug-likeness (QED) is 0.887. The molecule has 1 N–H and O–H groups in total. The van der Waals surface area contributed by atoms with Crippen molar-refractivity contribution >= 4 is 28.2 Å². The molecule has 1 amide bonds. The molecule has 1 fully saturated rings. The number of amides is 1. The molecule has 0 bridgehead atoms. The van der Waals surface area contributed by atoms with Crippen LogP contribution in [-0.4, -0.2) is 50.7 Å². The lowest BCUT2D eigenvalue weighted by Crippen LogP contribution is -2.55. The minimum Gasteiger partial charge on any atom is -0.336 e. The molecule has 0 saturated carbocycles. The first-order valence-corrected chi connectivity index (χ1v) is 8.52. The maximum Gasteiger partial charge on any atom is 0.254 e. The predicted molar refractivity (Wildman–Crippen MR) is 84.8 cm³/mol. The van der Waals surface area contributed by atoms with Gasteiger partial charge in [0.25, 0.3) is 5.91 Å². The molecule has 1 aliphatic rings. The van der Waals surface area contributed by atoms with Gasteiger partial charge in [-0.3, -0.25) is 4.79 Å². The molecule has 5 nitrogen and oxygen atoms in total. The summed E-state index contributed by atoms with van der Waals surface area (Å²) in [6.45, 7) is 5.32. The zero-order chi connectivity index (χ0) is 14.9. The van der Waals surface area contributed by atoms with Crippen LogP contribution in [0.1, 0.15) is 24.2 Å². The molecular weight excluding hydrogens is 312 g/mol. The van der Waals surface area contributed by atoms with E-state index in [-0.39, 0.29) is 35.3 Å². The Kier molecular flexibility index (Phi) is 5.78. The number of nitrogens with one attached hydrogen (secondary N) is 1. The van der Waals surface area contributed by atoms with Crippen LogP contribution in [0.4, 0.5) is 0 Å². The largest absolute Gasteiger partial charge is 0.336 e. The van der Waals surface area contributed by atoms with Crippen LogP contribution in [0.2, 0.25) is 0 Å². The van der Waals surface area contributed by atoms with Gasteiger partial charge in [0.15, 0.2) is 9.84 Å². The Balaban J connectivity index is 0.00000220. The molecule has 2 rings (SSSR count). The number of carbonyl (C=O) groups is 1. The molecule has 1 aliphatic heterocycles. The third-order valence-corrected chi connectivity index (χ3v) is 4.46. The molecule has 0 spiro atoms. The molecule has 0 radical (unpaired) electrons. The van der Waals surface area contributed by atoms with Crippen molar-refractivity contribution in [2.45, 2.75) is 30.8 Å². The topological polar surface area (TPSA) is 66.5 Å². The molecule has 21 heavy (non-hydrogen) atoms. The molecule has 0 aliphatic carbocycles. The van der Waals surface area contributed by atoms with Crippen LogP contribution in [-0.2, 0) is 9.84 Å². The Bertz CT molecular complexity index is 608. The first-order chi connectivity index (χ1) is 9.27. The number of rotatable bonds is 2. The number of hydrogen-bond donors (Lipinski definition) is 1. The molecule has 7 heteroatoms. The van der Waals surface area contributed by atoms with Crippen LogP contribution < -0.4 is 5.32 Å². The molecule has 1 saturated heterocycles. The molecule has 118 valence electrons. The second-order valence-corrected chi connectivity index (χ2v) is 7.49. The van der Waals surface area contributed by atoms with Crippen LogP contribution in [0.25, 0.3) is 0 Å². The third kappa shape index (κ3) is 4.43. The summed E-state index contributed by atoms with van der Waals surface area (Å²) in [6, 6.07) is 6.71. The average molecular weight is 333 g/mol. The summed E-state index contributed by atoms with van der Waals surface area (Å²) in [7, 11) is -3.29. The number of carbonyl (C=O) groups excluding carboxylic acids is 1. The highest BCUT2D eigenvalue weighted by Crippen LogP contribution is 2.15. The van der Waals surface area contributed by atoms with Crippen molar-refractivity contribution in [3.05, 3.63) is 29.8 Å². The van der Waals surface area contributed by atoms with Crippen molar-refractivity contribution in [2.24, 2.45) is 0 Å². The molecular formula is C14H21ClN2O3S. The van der Waals surface area contributed by atoms with Gasteiger partial charge < -0.3 is 10.2 Å². The Morgan fingerprint density at radius 2 is 1.81 bits per heavy atom. The van der Waals surface area contributed by atoms with Crippen LogP contribution in [0.15, 0.2) is 29.2 Å². The second-order valence-electron chi connectivity index (χ2n) is 5.48. The Morgan fingerprint density at radius 1 is 1.24 bits per heavy atom. The first-order valence-electron chi connectivity index (χ1n) is 6.63. The second kappa shape index (κ2) is 6.77. The van der Waals surface area contributed by atoms with Crippen molar-refractivity contribution in [3.63, 3.8) is 0 Å². The van der Waals surface area contributed by atoms with Crippen molar-refractivity contribution < 1.29 is 13.2 Å². The fraction of sp³-hybridized carbons (Fsp3) is 0.500. The van der Waals surface area contributed by atoms with E-state index < -0.39 is 9.84 Å². The summed E-state index contributed by atoms with van der Waals surface area (Å²) in [5, 5.41) is 3.36. The monoisotopic (exact) mass is 332 g/mol. The van der Waals surface area contributed by atoms with Gasteiger partial charge in [-0.2, -0.15) is 0 Å². The Hall–Kier alpha value is -1.11. The van der Waals surface area contributed by atoms with E-state index in [4.69, 9.17) is 0 Å². The maximum absolute atomic E-state index is 12.5. The van der Waals surface area contributed by atoms with Crippen molar-refractivity contribution in [3.8, 4) is 0 Å². The van der Waals surface area contributed by atoms with Gasteiger partial charge in [-0.1, -0.05) is 6.07 Å². The maximum atomic E-state index is 12.5. The smallest absolute Gasteiger partial charge is 0.254 e. The zero-order valence-electron chi connectivity index (χ0n) is 12.4. The highest BCUT2D eigenvalue weighted by molar-refractivity contribution is 7.90. The van der Waals surface area contributed by atoms with Gasteiger partial charge in [-0.15, -0.1) is 12.4 Å². The molecule has 1 heterocycles. The lowest BCUT2D eigenvalue weighted by atomic mass is 10.1. The van der Waals surface area contributed by atoms with E-state index in [1.54, 1.807) is 17.0 Å². The normalized spacial score (nSPS) is 22.5. The van der Waals surface area contributed by atoms with E-state index in [0.717, 1.165) is 6.26 Å². The Labute approximate surface area is 132 Å². The number of hydrogen-bond acceptors (Lipinski definition) is 4. The molecule has 2 unspecified atom stereocenters. The van der Waals surface area contributed by atoms with Gasteiger partial charge in [0.2, 0.25) is 0 Å². The number of halogens is 1. The average Bonchev–Trinajstić information content (AvgIpc) is 2.36.